The van der Waals surface area contributed by atoms with Gasteiger partial charge in [0.2, 0.25) is 5.43 Å². The molecule has 23 heavy (non-hydrogen) atoms. The highest BCUT2D eigenvalue weighted by molar-refractivity contribution is 6.38. The Hall–Kier alpha value is -2.50. The van der Waals surface area contributed by atoms with E-state index in [1.54, 1.807) is 24.3 Å². The molecule has 1 heterocycles. The molecule has 0 aliphatic carbocycles. The first-order valence-corrected chi connectivity index (χ1v) is 7.39. The zero-order valence-electron chi connectivity index (χ0n) is 11.7. The van der Waals surface area contributed by atoms with Crippen molar-refractivity contribution in [3.63, 3.8) is 0 Å². The molecule has 1 aromatic heterocycles. The normalized spacial score (nSPS) is 10.7. The standard InChI is InChI=1S/C16H11Cl2N3O2/c17-10-5-11(18)14(6-12(10)19)21-16(23)9-7-20-13-4-2-1-3-8(13)15(9)22/h1-7H,19H2,(H,20,22)(H,21,23). The van der Waals surface area contributed by atoms with Gasteiger partial charge < -0.3 is 16.0 Å². The molecular formula is C16H11Cl2N3O2. The van der Waals surface area contributed by atoms with Crippen LogP contribution >= 0.6 is 23.2 Å². The van der Waals surface area contributed by atoms with Crippen LogP contribution in [0.15, 0.2) is 47.4 Å². The molecule has 0 atom stereocenters. The Kier molecular flexibility index (Phi) is 3.98. The van der Waals surface area contributed by atoms with Gasteiger partial charge in [0.15, 0.2) is 0 Å². The first-order valence-electron chi connectivity index (χ1n) is 6.63. The number of rotatable bonds is 2. The van der Waals surface area contributed by atoms with Gasteiger partial charge in [-0.3, -0.25) is 9.59 Å². The second kappa shape index (κ2) is 5.95. The Morgan fingerprint density at radius 3 is 2.65 bits per heavy atom. The number of pyridine rings is 1. The third-order valence-corrected chi connectivity index (χ3v) is 4.01. The summed E-state index contributed by atoms with van der Waals surface area (Å²) in [5.74, 6) is -0.583. The summed E-state index contributed by atoms with van der Waals surface area (Å²) in [6.45, 7) is 0. The van der Waals surface area contributed by atoms with E-state index in [2.05, 4.69) is 10.3 Å². The second-order valence-electron chi connectivity index (χ2n) is 4.88. The van der Waals surface area contributed by atoms with Crippen LogP contribution in [0, 0.1) is 0 Å². The predicted molar refractivity (Wildman–Crippen MR) is 93.4 cm³/mol. The number of nitrogens with two attached hydrogens (primary N) is 1. The first-order chi connectivity index (χ1) is 11.0. The van der Waals surface area contributed by atoms with Crippen LogP contribution < -0.4 is 16.5 Å². The van der Waals surface area contributed by atoms with E-state index in [4.69, 9.17) is 28.9 Å². The second-order valence-corrected chi connectivity index (χ2v) is 5.70. The van der Waals surface area contributed by atoms with Crippen molar-refractivity contribution in [3.05, 3.63) is 68.4 Å². The molecule has 1 amide bonds. The highest BCUT2D eigenvalue weighted by Crippen LogP contribution is 2.30. The molecule has 0 aliphatic heterocycles. The Morgan fingerprint density at radius 1 is 1.13 bits per heavy atom. The summed E-state index contributed by atoms with van der Waals surface area (Å²) in [5, 5.41) is 3.52. The van der Waals surface area contributed by atoms with Gasteiger partial charge in [-0.25, -0.2) is 0 Å². The molecule has 0 spiro atoms. The molecule has 0 aliphatic rings. The number of amides is 1. The molecule has 5 nitrogen and oxygen atoms in total. The topological polar surface area (TPSA) is 88.0 Å². The third-order valence-electron chi connectivity index (χ3n) is 3.37. The molecule has 3 aromatic rings. The lowest BCUT2D eigenvalue weighted by Gasteiger charge is -2.09. The van der Waals surface area contributed by atoms with Crippen molar-refractivity contribution in [1.29, 1.82) is 0 Å². The van der Waals surface area contributed by atoms with E-state index in [9.17, 15) is 9.59 Å². The van der Waals surface area contributed by atoms with Gasteiger partial charge in [0.1, 0.15) is 5.56 Å². The van der Waals surface area contributed by atoms with Crippen molar-refractivity contribution in [2.45, 2.75) is 0 Å². The van der Waals surface area contributed by atoms with E-state index >= 15 is 0 Å². The highest BCUT2D eigenvalue weighted by Gasteiger charge is 2.15. The molecule has 7 heteroatoms. The molecule has 0 saturated heterocycles. The SMILES string of the molecule is Nc1cc(NC(=O)c2c[nH]c3ccccc3c2=O)c(Cl)cc1Cl. The number of H-pyrrole nitrogens is 1. The summed E-state index contributed by atoms with van der Waals surface area (Å²) in [4.78, 5) is 27.7. The van der Waals surface area contributed by atoms with Gasteiger partial charge in [-0.15, -0.1) is 0 Å². The molecule has 4 N–H and O–H groups in total. The minimum atomic E-state index is -0.583. The summed E-state index contributed by atoms with van der Waals surface area (Å²) in [5.41, 5.74) is 6.53. The van der Waals surface area contributed by atoms with E-state index in [1.165, 1.54) is 18.3 Å². The summed E-state index contributed by atoms with van der Waals surface area (Å²) in [6, 6.07) is 9.81. The fraction of sp³-hybridized carbons (Fsp3) is 0. The number of aromatic amines is 1. The summed E-state index contributed by atoms with van der Waals surface area (Å²) >= 11 is 11.9. The zero-order valence-corrected chi connectivity index (χ0v) is 13.2. The molecule has 116 valence electrons. The first kappa shape index (κ1) is 15.4. The number of fused-ring (bicyclic) bond motifs is 1. The number of halogens is 2. The van der Waals surface area contributed by atoms with Gasteiger partial charge in [-0.05, 0) is 24.3 Å². The fourth-order valence-electron chi connectivity index (χ4n) is 2.19. The maximum Gasteiger partial charge on any atom is 0.261 e. The molecule has 0 bridgehead atoms. The van der Waals surface area contributed by atoms with Crippen LogP contribution in [0.1, 0.15) is 10.4 Å². The van der Waals surface area contributed by atoms with Gasteiger partial charge in [0, 0.05) is 17.1 Å². The number of para-hydroxylation sites is 1. The average Bonchev–Trinajstić information content (AvgIpc) is 2.53. The maximum atomic E-state index is 12.4. The van der Waals surface area contributed by atoms with Crippen molar-refractivity contribution in [1.82, 2.24) is 4.98 Å². The molecule has 0 unspecified atom stereocenters. The Balaban J connectivity index is 2.00. The average molecular weight is 348 g/mol. The number of benzene rings is 2. The molecule has 3 rings (SSSR count). The van der Waals surface area contributed by atoms with Gasteiger partial charge in [0.25, 0.3) is 5.91 Å². The van der Waals surface area contributed by atoms with Crippen molar-refractivity contribution in [2.75, 3.05) is 11.1 Å². The van der Waals surface area contributed by atoms with E-state index in [-0.39, 0.29) is 32.4 Å². The smallest absolute Gasteiger partial charge is 0.261 e. The lowest BCUT2D eigenvalue weighted by atomic mass is 10.1. The Bertz CT molecular complexity index is 983. The predicted octanol–water partition coefficient (Wildman–Crippen LogP) is 3.67. The quantitative estimate of drug-likeness (QED) is 0.618. The molecule has 0 saturated carbocycles. The minimum Gasteiger partial charge on any atom is -0.397 e. The number of carbonyl (C=O) groups is 1. The van der Waals surface area contributed by atoms with Crippen LogP contribution in [0.4, 0.5) is 11.4 Å². The Labute approximate surface area is 141 Å². The largest absolute Gasteiger partial charge is 0.397 e. The van der Waals surface area contributed by atoms with E-state index in [0.29, 0.717) is 10.9 Å². The van der Waals surface area contributed by atoms with E-state index in [1.807, 2.05) is 0 Å². The van der Waals surface area contributed by atoms with Crippen molar-refractivity contribution < 1.29 is 4.79 Å². The van der Waals surface area contributed by atoms with Gasteiger partial charge in [-0.2, -0.15) is 0 Å². The molecule has 0 radical (unpaired) electrons. The number of aromatic nitrogens is 1. The van der Waals surface area contributed by atoms with Gasteiger partial charge in [-0.1, -0.05) is 35.3 Å². The van der Waals surface area contributed by atoms with E-state index < -0.39 is 5.91 Å². The minimum absolute atomic E-state index is 0.0201. The Morgan fingerprint density at radius 2 is 1.87 bits per heavy atom. The van der Waals surface area contributed by atoms with Crippen LogP contribution in [-0.4, -0.2) is 10.9 Å². The highest BCUT2D eigenvalue weighted by atomic mass is 35.5. The van der Waals surface area contributed by atoms with Crippen LogP contribution in [0.3, 0.4) is 0 Å². The maximum absolute atomic E-state index is 12.4. The number of nitrogens with one attached hydrogen (secondary N) is 2. The summed E-state index contributed by atoms with van der Waals surface area (Å²) in [7, 11) is 0. The van der Waals surface area contributed by atoms with Crippen molar-refractivity contribution in [3.8, 4) is 0 Å². The third kappa shape index (κ3) is 2.88. The molecule has 2 aromatic carbocycles. The number of hydrogen-bond donors (Lipinski definition) is 3. The number of nitrogen functional groups attached to an aromatic ring is 1. The van der Waals surface area contributed by atoms with Crippen molar-refractivity contribution >= 4 is 51.4 Å². The van der Waals surface area contributed by atoms with Crippen LogP contribution in [-0.2, 0) is 0 Å². The van der Waals surface area contributed by atoms with Gasteiger partial charge >= 0.3 is 0 Å². The van der Waals surface area contributed by atoms with Crippen molar-refractivity contribution in [2.24, 2.45) is 0 Å². The zero-order chi connectivity index (χ0) is 16.6. The van der Waals surface area contributed by atoms with E-state index in [0.717, 1.165) is 0 Å². The number of carbonyl (C=O) groups excluding carboxylic acids is 1. The number of hydrogen-bond acceptors (Lipinski definition) is 3. The monoisotopic (exact) mass is 347 g/mol. The fourth-order valence-corrected chi connectivity index (χ4v) is 2.62. The van der Waals surface area contributed by atoms with Crippen LogP contribution in [0.5, 0.6) is 0 Å². The number of anilines is 2. The summed E-state index contributed by atoms with van der Waals surface area (Å²) < 4.78 is 0. The molecular weight excluding hydrogens is 337 g/mol. The summed E-state index contributed by atoms with van der Waals surface area (Å²) in [6.07, 6.45) is 1.37. The molecule has 0 fully saturated rings. The lowest BCUT2D eigenvalue weighted by molar-refractivity contribution is 0.102. The lowest BCUT2D eigenvalue weighted by Crippen LogP contribution is -2.22. The van der Waals surface area contributed by atoms with Gasteiger partial charge in [0.05, 0.1) is 21.4 Å². The van der Waals surface area contributed by atoms with Crippen LogP contribution in [0.25, 0.3) is 10.9 Å². The van der Waals surface area contributed by atoms with Crippen LogP contribution in [0.2, 0.25) is 10.0 Å².